The number of nitrogens with zero attached hydrogens (tertiary/aromatic N) is 2. The fraction of sp³-hybridized carbons (Fsp3) is 0.800. The molecule has 0 atom stereocenters. The van der Waals surface area contributed by atoms with E-state index < -0.39 is 0 Å². The zero-order chi connectivity index (χ0) is 12.0. The molecule has 3 amide bonds. The van der Waals surface area contributed by atoms with E-state index in [1.807, 2.05) is 6.92 Å². The highest BCUT2D eigenvalue weighted by molar-refractivity contribution is 6.01. The molecule has 0 bridgehead atoms. The van der Waals surface area contributed by atoms with Crippen LogP contribution < -0.4 is 5.32 Å². The number of rotatable bonds is 7. The topological polar surface area (TPSA) is 72.9 Å². The van der Waals surface area contributed by atoms with Crippen LogP contribution >= 0.6 is 0 Å². The SMILES string of the molecule is CCN(CCCO)CCN1C(=O)CNC1=O. The maximum atomic E-state index is 11.3. The molecule has 1 rings (SSSR count). The molecule has 0 aliphatic carbocycles. The van der Waals surface area contributed by atoms with Gasteiger partial charge in [0.05, 0.1) is 6.54 Å². The predicted octanol–water partition coefficient (Wildman–Crippen LogP) is -0.757. The molecular weight excluding hydrogens is 210 g/mol. The zero-order valence-electron chi connectivity index (χ0n) is 9.61. The molecule has 0 aromatic rings. The molecule has 92 valence electrons. The number of likely N-dealkylation sites (N-methyl/N-ethyl adjacent to an activating group) is 1. The van der Waals surface area contributed by atoms with Crippen molar-refractivity contribution in [3.05, 3.63) is 0 Å². The van der Waals surface area contributed by atoms with Crippen molar-refractivity contribution in [2.45, 2.75) is 13.3 Å². The summed E-state index contributed by atoms with van der Waals surface area (Å²) in [6, 6.07) is -0.303. The number of urea groups is 1. The Bertz CT molecular complexity index is 242. The summed E-state index contributed by atoms with van der Waals surface area (Å²) in [4.78, 5) is 25.9. The van der Waals surface area contributed by atoms with Crippen molar-refractivity contribution < 1.29 is 14.7 Å². The van der Waals surface area contributed by atoms with Gasteiger partial charge in [-0.05, 0) is 13.0 Å². The van der Waals surface area contributed by atoms with Crippen LogP contribution in [0.1, 0.15) is 13.3 Å². The van der Waals surface area contributed by atoms with E-state index in [-0.39, 0.29) is 25.1 Å². The molecule has 6 heteroatoms. The molecule has 16 heavy (non-hydrogen) atoms. The van der Waals surface area contributed by atoms with Crippen LogP contribution in [-0.4, -0.2) is 66.2 Å². The van der Waals surface area contributed by atoms with E-state index in [9.17, 15) is 9.59 Å². The summed E-state index contributed by atoms with van der Waals surface area (Å²) in [5.41, 5.74) is 0. The van der Waals surface area contributed by atoms with Gasteiger partial charge in [-0.25, -0.2) is 4.79 Å². The number of hydrogen-bond acceptors (Lipinski definition) is 4. The first-order valence-electron chi connectivity index (χ1n) is 5.60. The van der Waals surface area contributed by atoms with Gasteiger partial charge in [-0.1, -0.05) is 6.92 Å². The van der Waals surface area contributed by atoms with Gasteiger partial charge in [-0.2, -0.15) is 0 Å². The minimum absolute atomic E-state index is 0.113. The fourth-order valence-corrected chi connectivity index (χ4v) is 1.65. The van der Waals surface area contributed by atoms with E-state index in [0.29, 0.717) is 19.5 Å². The summed E-state index contributed by atoms with van der Waals surface area (Å²) in [6.07, 6.45) is 0.716. The van der Waals surface area contributed by atoms with Crippen molar-refractivity contribution in [3.63, 3.8) is 0 Å². The average molecular weight is 229 g/mol. The maximum Gasteiger partial charge on any atom is 0.324 e. The Balaban J connectivity index is 2.31. The molecule has 1 aliphatic rings. The van der Waals surface area contributed by atoms with E-state index in [2.05, 4.69) is 10.2 Å². The van der Waals surface area contributed by atoms with Gasteiger partial charge < -0.3 is 15.3 Å². The third kappa shape index (κ3) is 3.46. The van der Waals surface area contributed by atoms with Crippen LogP contribution in [0, 0.1) is 0 Å². The van der Waals surface area contributed by atoms with Crippen molar-refractivity contribution in [1.82, 2.24) is 15.1 Å². The lowest BCUT2D eigenvalue weighted by atomic mass is 10.3. The smallest absolute Gasteiger partial charge is 0.324 e. The summed E-state index contributed by atoms with van der Waals surface area (Å²) in [5.74, 6) is -0.164. The molecular formula is C10H19N3O3. The Hall–Kier alpha value is -1.14. The normalized spacial score (nSPS) is 16.1. The molecule has 0 aromatic carbocycles. The zero-order valence-corrected chi connectivity index (χ0v) is 9.61. The van der Waals surface area contributed by atoms with Crippen molar-refractivity contribution in [2.75, 3.05) is 39.3 Å². The number of carbonyl (C=O) groups excluding carboxylic acids is 2. The molecule has 1 heterocycles. The van der Waals surface area contributed by atoms with Crippen LogP contribution in [0.3, 0.4) is 0 Å². The van der Waals surface area contributed by atoms with Crippen LogP contribution in [0.5, 0.6) is 0 Å². The Morgan fingerprint density at radius 2 is 2.19 bits per heavy atom. The Morgan fingerprint density at radius 3 is 2.69 bits per heavy atom. The van der Waals surface area contributed by atoms with E-state index in [1.165, 1.54) is 4.90 Å². The minimum atomic E-state index is -0.303. The summed E-state index contributed by atoms with van der Waals surface area (Å²) >= 11 is 0. The molecule has 0 saturated carbocycles. The largest absolute Gasteiger partial charge is 0.396 e. The highest BCUT2D eigenvalue weighted by Crippen LogP contribution is 2.00. The summed E-state index contributed by atoms with van der Waals surface area (Å²) in [6.45, 7) is 5.02. The van der Waals surface area contributed by atoms with Gasteiger partial charge in [0, 0.05) is 26.2 Å². The quantitative estimate of drug-likeness (QED) is 0.563. The van der Waals surface area contributed by atoms with Crippen LogP contribution in [0.25, 0.3) is 0 Å². The van der Waals surface area contributed by atoms with Crippen molar-refractivity contribution in [3.8, 4) is 0 Å². The first-order valence-corrected chi connectivity index (χ1v) is 5.60. The van der Waals surface area contributed by atoms with Gasteiger partial charge in [-0.15, -0.1) is 0 Å². The predicted molar refractivity (Wildman–Crippen MR) is 58.9 cm³/mol. The van der Waals surface area contributed by atoms with E-state index in [4.69, 9.17) is 5.11 Å². The second-order valence-electron chi connectivity index (χ2n) is 3.72. The van der Waals surface area contributed by atoms with Gasteiger partial charge >= 0.3 is 6.03 Å². The number of hydrogen-bond donors (Lipinski definition) is 2. The molecule has 6 nitrogen and oxygen atoms in total. The van der Waals surface area contributed by atoms with E-state index in [0.717, 1.165) is 13.1 Å². The number of imide groups is 1. The monoisotopic (exact) mass is 229 g/mol. The highest BCUT2D eigenvalue weighted by atomic mass is 16.3. The van der Waals surface area contributed by atoms with Crippen LogP contribution in [0.2, 0.25) is 0 Å². The molecule has 1 aliphatic heterocycles. The Kier molecular flexibility index (Phi) is 5.21. The molecule has 0 spiro atoms. The fourth-order valence-electron chi connectivity index (χ4n) is 1.65. The molecule has 2 N–H and O–H groups in total. The van der Waals surface area contributed by atoms with Crippen molar-refractivity contribution >= 4 is 11.9 Å². The summed E-state index contributed by atoms with van der Waals surface area (Å²) in [7, 11) is 0. The van der Waals surface area contributed by atoms with E-state index in [1.54, 1.807) is 0 Å². The lowest BCUT2D eigenvalue weighted by Gasteiger charge is -2.22. The minimum Gasteiger partial charge on any atom is -0.396 e. The average Bonchev–Trinajstić information content (AvgIpc) is 2.60. The van der Waals surface area contributed by atoms with Gasteiger partial charge in [0.15, 0.2) is 0 Å². The van der Waals surface area contributed by atoms with Crippen molar-refractivity contribution in [2.24, 2.45) is 0 Å². The van der Waals surface area contributed by atoms with Gasteiger partial charge in [0.25, 0.3) is 0 Å². The molecule has 0 radical (unpaired) electrons. The first kappa shape index (κ1) is 12.9. The van der Waals surface area contributed by atoms with Crippen molar-refractivity contribution in [1.29, 1.82) is 0 Å². The van der Waals surface area contributed by atoms with Gasteiger partial charge in [0.2, 0.25) is 5.91 Å². The molecule has 1 fully saturated rings. The Labute approximate surface area is 95.2 Å². The number of aliphatic hydroxyl groups is 1. The standard InChI is InChI=1S/C10H19N3O3/c1-2-12(4-3-7-14)5-6-13-9(15)8-11-10(13)16/h14H,2-8H2,1H3,(H,11,16). The van der Waals surface area contributed by atoms with Gasteiger partial charge in [-0.3, -0.25) is 9.69 Å². The summed E-state index contributed by atoms with van der Waals surface area (Å²) < 4.78 is 0. The Morgan fingerprint density at radius 1 is 1.44 bits per heavy atom. The molecule has 1 saturated heterocycles. The molecule has 0 unspecified atom stereocenters. The second kappa shape index (κ2) is 6.44. The first-order chi connectivity index (χ1) is 7.69. The number of amides is 3. The van der Waals surface area contributed by atoms with Crippen LogP contribution in [0.4, 0.5) is 4.79 Å². The number of nitrogens with one attached hydrogen (secondary N) is 1. The third-order valence-electron chi connectivity index (χ3n) is 2.66. The van der Waals surface area contributed by atoms with Crippen LogP contribution in [-0.2, 0) is 4.79 Å². The highest BCUT2D eigenvalue weighted by Gasteiger charge is 2.27. The lowest BCUT2D eigenvalue weighted by Crippen LogP contribution is -2.39. The van der Waals surface area contributed by atoms with Crippen LogP contribution in [0.15, 0.2) is 0 Å². The van der Waals surface area contributed by atoms with E-state index >= 15 is 0 Å². The number of carbonyl (C=O) groups is 2. The maximum absolute atomic E-state index is 11.3. The van der Waals surface area contributed by atoms with Gasteiger partial charge in [0.1, 0.15) is 0 Å². The molecule has 0 aromatic heterocycles. The third-order valence-corrected chi connectivity index (χ3v) is 2.66. The number of aliphatic hydroxyl groups excluding tert-OH is 1. The lowest BCUT2D eigenvalue weighted by molar-refractivity contribution is -0.125. The summed E-state index contributed by atoms with van der Waals surface area (Å²) in [5, 5.41) is 11.2. The second-order valence-corrected chi connectivity index (χ2v) is 3.72.